The van der Waals surface area contributed by atoms with Gasteiger partial charge in [-0.3, -0.25) is 5.10 Å². The third-order valence-corrected chi connectivity index (χ3v) is 3.54. The number of aliphatic hydroxyl groups is 1. The van der Waals surface area contributed by atoms with Gasteiger partial charge in [0.15, 0.2) is 5.65 Å². The Hall–Kier alpha value is -1.89. The molecule has 0 saturated heterocycles. The first-order valence-electron chi connectivity index (χ1n) is 6.12. The fourth-order valence-electron chi connectivity index (χ4n) is 2.58. The van der Waals surface area contributed by atoms with Crippen LogP contribution in [0.25, 0.3) is 11.0 Å². The van der Waals surface area contributed by atoms with Crippen molar-refractivity contribution in [2.24, 2.45) is 5.92 Å². The number of hydrogen-bond acceptors (Lipinski definition) is 6. The molecule has 2 atom stereocenters. The third kappa shape index (κ3) is 1.86. The molecule has 1 aliphatic carbocycles. The van der Waals surface area contributed by atoms with E-state index >= 15 is 0 Å². The second-order valence-corrected chi connectivity index (χ2v) is 4.69. The minimum absolute atomic E-state index is 0.201. The predicted molar refractivity (Wildman–Crippen MR) is 67.9 cm³/mol. The molecule has 1 aliphatic rings. The number of aromatic amines is 1. The molecule has 7 nitrogen and oxygen atoms in total. The van der Waals surface area contributed by atoms with Crippen LogP contribution in [0.3, 0.4) is 0 Å². The number of nitrogens with two attached hydrogens (primary N) is 1. The number of nitrogens with one attached hydrogen (secondary N) is 2. The Morgan fingerprint density at radius 3 is 3.17 bits per heavy atom. The number of aliphatic hydroxyl groups excluding tert-OH is 1. The van der Waals surface area contributed by atoms with Crippen LogP contribution in [-0.2, 0) is 0 Å². The van der Waals surface area contributed by atoms with Gasteiger partial charge in [-0.2, -0.15) is 15.1 Å². The molecule has 2 aromatic heterocycles. The highest BCUT2D eigenvalue weighted by atomic mass is 16.3. The van der Waals surface area contributed by atoms with Gasteiger partial charge in [-0.25, -0.2) is 0 Å². The van der Waals surface area contributed by atoms with Gasteiger partial charge in [0, 0.05) is 18.6 Å². The smallest absolute Gasteiger partial charge is 0.224 e. The second kappa shape index (κ2) is 4.41. The molecular weight excluding hydrogens is 232 g/mol. The van der Waals surface area contributed by atoms with E-state index in [2.05, 4.69) is 25.5 Å². The number of nitrogens with zero attached hydrogens (tertiary/aromatic N) is 3. The number of fused-ring (bicyclic) bond motifs is 1. The first-order chi connectivity index (χ1) is 8.78. The Balaban J connectivity index is 1.92. The monoisotopic (exact) mass is 248 g/mol. The van der Waals surface area contributed by atoms with E-state index in [4.69, 9.17) is 5.73 Å². The lowest BCUT2D eigenvalue weighted by Gasteiger charge is -2.19. The molecule has 0 bridgehead atoms. The van der Waals surface area contributed by atoms with E-state index in [1.54, 1.807) is 6.20 Å². The molecule has 1 saturated carbocycles. The molecule has 96 valence electrons. The fraction of sp³-hybridized carbons (Fsp3) is 0.545. The number of hydrogen-bond donors (Lipinski definition) is 4. The molecule has 0 spiro atoms. The van der Waals surface area contributed by atoms with Gasteiger partial charge in [0.05, 0.1) is 11.6 Å². The zero-order valence-electron chi connectivity index (χ0n) is 9.93. The molecule has 0 aliphatic heterocycles. The highest BCUT2D eigenvalue weighted by Gasteiger charge is 2.27. The van der Waals surface area contributed by atoms with Crippen LogP contribution >= 0.6 is 0 Å². The summed E-state index contributed by atoms with van der Waals surface area (Å²) in [5.74, 6) is 1.19. The normalized spacial score (nSPS) is 23.6. The van der Waals surface area contributed by atoms with E-state index in [1.165, 1.54) is 0 Å². The molecule has 0 radical (unpaired) electrons. The molecule has 18 heavy (non-hydrogen) atoms. The van der Waals surface area contributed by atoms with Gasteiger partial charge in [0.2, 0.25) is 5.95 Å². The van der Waals surface area contributed by atoms with Crippen molar-refractivity contribution in [3.63, 3.8) is 0 Å². The van der Waals surface area contributed by atoms with Crippen molar-refractivity contribution < 1.29 is 5.11 Å². The molecule has 2 heterocycles. The van der Waals surface area contributed by atoms with E-state index in [0.717, 1.165) is 24.6 Å². The van der Waals surface area contributed by atoms with Crippen molar-refractivity contribution >= 4 is 22.8 Å². The lowest BCUT2D eigenvalue weighted by Crippen LogP contribution is -2.27. The van der Waals surface area contributed by atoms with Crippen molar-refractivity contribution in [1.29, 1.82) is 0 Å². The number of nitrogen functional groups attached to an aromatic ring is 1. The highest BCUT2D eigenvalue weighted by molar-refractivity contribution is 5.86. The van der Waals surface area contributed by atoms with Crippen LogP contribution in [0.15, 0.2) is 6.20 Å². The summed E-state index contributed by atoms with van der Waals surface area (Å²) in [6, 6.07) is 0.238. The summed E-state index contributed by atoms with van der Waals surface area (Å²) < 4.78 is 0. The number of aromatic nitrogens is 4. The van der Waals surface area contributed by atoms with Crippen LogP contribution in [0.4, 0.5) is 11.8 Å². The van der Waals surface area contributed by atoms with Gasteiger partial charge in [0.1, 0.15) is 5.82 Å². The number of rotatable bonds is 3. The van der Waals surface area contributed by atoms with Crippen molar-refractivity contribution in [2.45, 2.75) is 25.3 Å². The minimum Gasteiger partial charge on any atom is -0.396 e. The Morgan fingerprint density at radius 2 is 2.33 bits per heavy atom. The Kier molecular flexibility index (Phi) is 2.75. The van der Waals surface area contributed by atoms with E-state index in [1.807, 2.05) is 0 Å². The van der Waals surface area contributed by atoms with Crippen molar-refractivity contribution in [3.05, 3.63) is 6.20 Å². The molecular formula is C11H16N6O. The average Bonchev–Trinajstić information content (AvgIpc) is 2.96. The lowest BCUT2D eigenvalue weighted by molar-refractivity contribution is 0.222. The first-order valence-corrected chi connectivity index (χ1v) is 6.12. The molecule has 3 rings (SSSR count). The van der Waals surface area contributed by atoms with Gasteiger partial charge >= 0.3 is 0 Å². The largest absolute Gasteiger partial charge is 0.396 e. The van der Waals surface area contributed by atoms with Gasteiger partial charge in [-0.15, -0.1) is 0 Å². The van der Waals surface area contributed by atoms with Gasteiger partial charge < -0.3 is 16.2 Å². The zero-order valence-corrected chi connectivity index (χ0v) is 9.93. The molecule has 0 aromatic carbocycles. The molecule has 7 heteroatoms. The van der Waals surface area contributed by atoms with E-state index in [0.29, 0.717) is 11.5 Å². The quantitative estimate of drug-likeness (QED) is 0.629. The topological polar surface area (TPSA) is 113 Å². The number of anilines is 2. The van der Waals surface area contributed by atoms with Crippen molar-refractivity contribution in [1.82, 2.24) is 20.2 Å². The van der Waals surface area contributed by atoms with Crippen molar-refractivity contribution in [2.75, 3.05) is 17.7 Å². The van der Waals surface area contributed by atoms with Crippen molar-refractivity contribution in [3.8, 4) is 0 Å². The molecule has 0 amide bonds. The summed E-state index contributed by atoms with van der Waals surface area (Å²) in [7, 11) is 0. The number of H-pyrrole nitrogens is 1. The third-order valence-electron chi connectivity index (χ3n) is 3.54. The summed E-state index contributed by atoms with van der Waals surface area (Å²) >= 11 is 0. The Labute approximate surface area is 104 Å². The summed E-state index contributed by atoms with van der Waals surface area (Å²) in [6.45, 7) is 0.201. The first kappa shape index (κ1) is 11.2. The lowest BCUT2D eigenvalue weighted by atomic mass is 10.1. The Bertz CT molecular complexity index is 553. The van der Waals surface area contributed by atoms with E-state index in [9.17, 15) is 5.11 Å². The molecule has 2 unspecified atom stereocenters. The van der Waals surface area contributed by atoms with Gasteiger partial charge in [-0.05, 0) is 12.8 Å². The summed E-state index contributed by atoms with van der Waals surface area (Å²) in [5.41, 5.74) is 6.29. The van der Waals surface area contributed by atoms with Crippen LogP contribution < -0.4 is 11.1 Å². The zero-order chi connectivity index (χ0) is 12.5. The molecule has 2 aromatic rings. The standard InChI is InChI=1S/C11H16N6O/c12-11-15-9(7-4-13-17-10(7)16-11)14-8-3-1-2-6(8)5-18/h4,6,8,18H,1-3,5H2,(H4,12,13,14,15,16,17). The van der Waals surface area contributed by atoms with Crippen LogP contribution in [0, 0.1) is 5.92 Å². The maximum absolute atomic E-state index is 9.33. The van der Waals surface area contributed by atoms with E-state index in [-0.39, 0.29) is 24.5 Å². The summed E-state index contributed by atoms with van der Waals surface area (Å²) in [5, 5.41) is 20.2. The van der Waals surface area contributed by atoms with Gasteiger partial charge in [-0.1, -0.05) is 6.42 Å². The minimum atomic E-state index is 0.201. The van der Waals surface area contributed by atoms with Crippen LogP contribution in [0.5, 0.6) is 0 Å². The highest BCUT2D eigenvalue weighted by Crippen LogP contribution is 2.29. The van der Waals surface area contributed by atoms with Crippen LogP contribution in [0.2, 0.25) is 0 Å². The average molecular weight is 248 g/mol. The fourth-order valence-corrected chi connectivity index (χ4v) is 2.58. The Morgan fingerprint density at radius 1 is 1.44 bits per heavy atom. The second-order valence-electron chi connectivity index (χ2n) is 4.69. The van der Waals surface area contributed by atoms with E-state index < -0.39 is 0 Å². The SMILES string of the molecule is Nc1nc(NC2CCCC2CO)c2cn[nH]c2n1. The molecule has 5 N–H and O–H groups in total. The van der Waals surface area contributed by atoms with Crippen LogP contribution in [-0.4, -0.2) is 37.9 Å². The molecule has 1 fully saturated rings. The van der Waals surface area contributed by atoms with Crippen LogP contribution in [0.1, 0.15) is 19.3 Å². The maximum Gasteiger partial charge on any atom is 0.224 e. The predicted octanol–water partition coefficient (Wildman–Crippen LogP) is 0.508. The summed E-state index contributed by atoms with van der Waals surface area (Å²) in [6.07, 6.45) is 4.88. The maximum atomic E-state index is 9.33. The van der Waals surface area contributed by atoms with Gasteiger partial charge in [0.25, 0.3) is 0 Å². The summed E-state index contributed by atoms with van der Waals surface area (Å²) in [4.78, 5) is 8.29.